The predicted molar refractivity (Wildman–Crippen MR) is 64.0 cm³/mol. The minimum absolute atomic E-state index is 0.187. The lowest BCUT2D eigenvalue weighted by Gasteiger charge is -2.08. The van der Waals surface area contributed by atoms with E-state index in [1.807, 2.05) is 13.8 Å². The highest BCUT2D eigenvalue weighted by molar-refractivity contribution is 7.81. The molecule has 0 aromatic carbocycles. The number of hydrogen-bond acceptors (Lipinski definition) is 3. The van der Waals surface area contributed by atoms with Crippen LogP contribution in [-0.4, -0.2) is 17.7 Å². The molecule has 0 aromatic heterocycles. The molecule has 0 aliphatic heterocycles. The van der Waals surface area contributed by atoms with E-state index in [0.717, 1.165) is 11.4 Å². The molecule has 1 atom stereocenters. The Morgan fingerprint density at radius 1 is 1.38 bits per heavy atom. The summed E-state index contributed by atoms with van der Waals surface area (Å²) in [5.41, 5.74) is 1.96. The van der Waals surface area contributed by atoms with Gasteiger partial charge < -0.3 is 0 Å². The fraction of sp³-hybridized carbons (Fsp3) is 0.600. The molecule has 0 spiro atoms. The Morgan fingerprint density at radius 3 is 2.23 bits per heavy atom. The molecule has 0 N–H and O–H groups in total. The van der Waals surface area contributed by atoms with E-state index in [9.17, 15) is 0 Å². The predicted octanol–water partition coefficient (Wildman–Crippen LogP) is 2.96. The Kier molecular flexibility index (Phi) is 5.71. The highest BCUT2D eigenvalue weighted by Gasteiger charge is 2.04. The van der Waals surface area contributed by atoms with Crippen LogP contribution < -0.4 is 0 Å². The number of rotatable bonds is 4. The minimum Gasteiger partial charge on any atom is -0.271 e. The van der Waals surface area contributed by atoms with Gasteiger partial charge in [-0.2, -0.15) is 12.6 Å². The summed E-state index contributed by atoms with van der Waals surface area (Å²) in [6.07, 6.45) is 1.70. The van der Waals surface area contributed by atoms with Gasteiger partial charge in [-0.15, -0.1) is 0 Å². The fourth-order valence-corrected chi connectivity index (χ4v) is 0.755. The first kappa shape index (κ1) is 12.4. The Bertz CT molecular complexity index is 227. The van der Waals surface area contributed by atoms with Gasteiger partial charge in [-0.25, -0.2) is 0 Å². The second-order valence-electron chi connectivity index (χ2n) is 3.32. The molecule has 2 nitrogen and oxygen atoms in total. The topological polar surface area (TPSA) is 24.7 Å². The van der Waals surface area contributed by atoms with Crippen LogP contribution in [0.4, 0.5) is 0 Å². The maximum atomic E-state index is 4.43. The molecule has 0 saturated carbocycles. The smallest absolute Gasteiger partial charge is 0.0610 e. The van der Waals surface area contributed by atoms with Crippen LogP contribution in [0.1, 0.15) is 27.7 Å². The van der Waals surface area contributed by atoms with Crippen molar-refractivity contribution in [1.82, 2.24) is 0 Å². The highest BCUT2D eigenvalue weighted by atomic mass is 32.1. The quantitative estimate of drug-likeness (QED) is 0.530. The van der Waals surface area contributed by atoms with Crippen LogP contribution in [0.15, 0.2) is 21.9 Å². The number of hydrogen-bond donors (Lipinski definition) is 1. The average molecular weight is 198 g/mol. The summed E-state index contributed by atoms with van der Waals surface area (Å²) in [6.45, 7) is 11.6. The Balaban J connectivity index is 4.70. The molecule has 0 aromatic rings. The van der Waals surface area contributed by atoms with Crippen LogP contribution in [0.3, 0.4) is 0 Å². The molecule has 0 unspecified atom stereocenters. The molecule has 0 saturated heterocycles. The van der Waals surface area contributed by atoms with Crippen molar-refractivity contribution in [3.05, 3.63) is 11.9 Å². The van der Waals surface area contributed by atoms with Crippen LogP contribution in [0, 0.1) is 5.92 Å². The largest absolute Gasteiger partial charge is 0.271 e. The first-order chi connectivity index (χ1) is 5.99. The number of thiol groups is 1. The van der Waals surface area contributed by atoms with Gasteiger partial charge in [-0.1, -0.05) is 13.8 Å². The summed E-state index contributed by atoms with van der Waals surface area (Å²) in [4.78, 5) is 8.16. The van der Waals surface area contributed by atoms with E-state index in [1.165, 1.54) is 0 Å². The van der Waals surface area contributed by atoms with Gasteiger partial charge in [-0.05, 0) is 26.5 Å². The number of aliphatic imine (C=N–C) groups is 2. The van der Waals surface area contributed by atoms with E-state index in [4.69, 9.17) is 0 Å². The molecule has 0 bridgehead atoms. The summed E-state index contributed by atoms with van der Waals surface area (Å²) >= 11 is 4.30. The van der Waals surface area contributed by atoms with E-state index >= 15 is 0 Å². The van der Waals surface area contributed by atoms with Crippen molar-refractivity contribution in [3.8, 4) is 0 Å². The van der Waals surface area contributed by atoms with Gasteiger partial charge in [0.05, 0.1) is 5.70 Å². The Labute approximate surface area is 86.3 Å². The zero-order chi connectivity index (χ0) is 10.4. The van der Waals surface area contributed by atoms with Crippen LogP contribution in [-0.2, 0) is 0 Å². The summed E-state index contributed by atoms with van der Waals surface area (Å²) in [5.74, 6) is 0.368. The van der Waals surface area contributed by atoms with Crippen molar-refractivity contribution in [2.24, 2.45) is 15.9 Å². The molecule has 0 aliphatic rings. The lowest BCUT2D eigenvalue weighted by molar-refractivity contribution is 0.753. The van der Waals surface area contributed by atoms with Crippen molar-refractivity contribution in [2.45, 2.75) is 32.9 Å². The molecule has 0 aliphatic carbocycles. The van der Waals surface area contributed by atoms with E-state index in [-0.39, 0.29) is 5.25 Å². The molecule has 0 radical (unpaired) electrons. The maximum absolute atomic E-state index is 4.43. The third kappa shape index (κ3) is 4.88. The van der Waals surface area contributed by atoms with E-state index in [2.05, 4.69) is 43.2 Å². The van der Waals surface area contributed by atoms with E-state index in [0.29, 0.717) is 5.92 Å². The van der Waals surface area contributed by atoms with Crippen LogP contribution in [0.25, 0.3) is 0 Å². The highest BCUT2D eigenvalue weighted by Crippen LogP contribution is 2.12. The van der Waals surface area contributed by atoms with Crippen molar-refractivity contribution >= 4 is 25.1 Å². The monoisotopic (exact) mass is 198 g/mol. The van der Waals surface area contributed by atoms with E-state index < -0.39 is 0 Å². The van der Waals surface area contributed by atoms with Gasteiger partial charge in [-0.3, -0.25) is 9.98 Å². The average Bonchev–Trinajstić information content (AvgIpc) is 2.03. The van der Waals surface area contributed by atoms with Gasteiger partial charge in [0.25, 0.3) is 0 Å². The second kappa shape index (κ2) is 5.97. The second-order valence-corrected chi connectivity index (χ2v) is 4.09. The van der Waals surface area contributed by atoms with Gasteiger partial charge in [0.15, 0.2) is 0 Å². The van der Waals surface area contributed by atoms with Crippen molar-refractivity contribution in [1.29, 1.82) is 0 Å². The number of allylic oxidation sites excluding steroid dienone is 1. The third-order valence-corrected chi connectivity index (χ3v) is 2.10. The summed E-state index contributed by atoms with van der Waals surface area (Å²) in [7, 11) is 0. The first-order valence-corrected chi connectivity index (χ1v) is 4.89. The SMILES string of the molecule is C=N/C=C(\N=C(C)[C@H](C)S)C(C)C. The normalized spacial score (nSPS) is 16.2. The van der Waals surface area contributed by atoms with Gasteiger partial charge in [0.2, 0.25) is 0 Å². The van der Waals surface area contributed by atoms with Gasteiger partial charge in [0.1, 0.15) is 0 Å². The maximum Gasteiger partial charge on any atom is 0.0610 e. The van der Waals surface area contributed by atoms with Gasteiger partial charge in [0, 0.05) is 17.2 Å². The molecular formula is C10H18N2S. The zero-order valence-corrected chi connectivity index (χ0v) is 9.68. The molecule has 0 rings (SSSR count). The lowest BCUT2D eigenvalue weighted by atomic mass is 10.1. The summed E-state index contributed by atoms with van der Waals surface area (Å²) in [6, 6.07) is 0. The minimum atomic E-state index is 0.187. The van der Waals surface area contributed by atoms with Gasteiger partial charge >= 0.3 is 0 Å². The van der Waals surface area contributed by atoms with Crippen molar-refractivity contribution in [2.75, 3.05) is 0 Å². The molecule has 0 amide bonds. The van der Waals surface area contributed by atoms with E-state index in [1.54, 1.807) is 6.20 Å². The molecule has 0 heterocycles. The van der Waals surface area contributed by atoms with Crippen LogP contribution in [0.2, 0.25) is 0 Å². The fourth-order valence-electron chi connectivity index (χ4n) is 0.698. The Hall–Kier alpha value is -0.570. The number of nitrogens with zero attached hydrogens (tertiary/aromatic N) is 2. The van der Waals surface area contributed by atoms with Crippen LogP contribution >= 0.6 is 12.6 Å². The first-order valence-electron chi connectivity index (χ1n) is 4.38. The standard InChI is InChI=1S/C10H18N2S/c1-7(2)10(6-11-5)12-8(3)9(4)13/h6-7,9,13H,5H2,1-4H3/b10-6-,12-8?/t9-/m0/s1. The van der Waals surface area contributed by atoms with Crippen LogP contribution in [0.5, 0.6) is 0 Å². The van der Waals surface area contributed by atoms with Crippen molar-refractivity contribution < 1.29 is 0 Å². The molecule has 13 heavy (non-hydrogen) atoms. The summed E-state index contributed by atoms with van der Waals surface area (Å²) in [5, 5.41) is 0.187. The third-order valence-electron chi connectivity index (χ3n) is 1.73. The lowest BCUT2D eigenvalue weighted by Crippen LogP contribution is -2.07. The molecule has 3 heteroatoms. The zero-order valence-electron chi connectivity index (χ0n) is 8.78. The molecular weight excluding hydrogens is 180 g/mol. The molecule has 74 valence electrons. The summed E-state index contributed by atoms with van der Waals surface area (Å²) < 4.78 is 0. The molecule has 0 fully saturated rings. The van der Waals surface area contributed by atoms with Crippen molar-refractivity contribution in [3.63, 3.8) is 0 Å². The Morgan fingerprint density at radius 2 is 1.92 bits per heavy atom.